The highest BCUT2D eigenvalue weighted by atomic mass is 16.5. The number of rotatable bonds is 9. The number of aryl methyl sites for hydroxylation is 1. The van der Waals surface area contributed by atoms with Crippen LogP contribution in [0.25, 0.3) is 0 Å². The molecule has 0 saturated carbocycles. The Kier molecular flexibility index (Phi) is 8.11. The molecule has 1 aliphatic rings. The Morgan fingerprint density at radius 2 is 1.60 bits per heavy atom. The molecule has 162 valence electrons. The summed E-state index contributed by atoms with van der Waals surface area (Å²) in [7, 11) is 3.33. The van der Waals surface area contributed by atoms with Crippen LogP contribution in [-0.4, -0.2) is 69.2 Å². The van der Waals surface area contributed by atoms with E-state index in [1.54, 1.807) is 14.2 Å². The van der Waals surface area contributed by atoms with Crippen LogP contribution in [0.5, 0.6) is 11.5 Å². The maximum atomic E-state index is 12.3. The van der Waals surface area contributed by atoms with Gasteiger partial charge in [-0.25, -0.2) is 0 Å². The van der Waals surface area contributed by atoms with Crippen molar-refractivity contribution in [2.75, 3.05) is 53.5 Å². The quantitative estimate of drug-likeness (QED) is 0.687. The van der Waals surface area contributed by atoms with Crippen molar-refractivity contribution in [1.82, 2.24) is 15.1 Å². The van der Waals surface area contributed by atoms with E-state index in [4.69, 9.17) is 9.47 Å². The molecule has 1 aliphatic heterocycles. The minimum absolute atomic E-state index is 0.107. The lowest BCUT2D eigenvalue weighted by molar-refractivity contribution is -0.122. The Hall–Kier alpha value is -2.57. The van der Waals surface area contributed by atoms with Crippen molar-refractivity contribution in [2.24, 2.45) is 0 Å². The van der Waals surface area contributed by atoms with Gasteiger partial charge in [0.15, 0.2) is 11.5 Å². The lowest BCUT2D eigenvalue weighted by atomic mass is 10.1. The van der Waals surface area contributed by atoms with Gasteiger partial charge in [0, 0.05) is 39.3 Å². The molecule has 1 N–H and O–H groups in total. The SMILES string of the molecule is COc1cc(C)c(CN2CCN(CC(=O)NCCc3ccccc3)CC2)cc1OC. The molecule has 0 aromatic heterocycles. The van der Waals surface area contributed by atoms with Crippen molar-refractivity contribution in [3.05, 3.63) is 59.2 Å². The van der Waals surface area contributed by atoms with Gasteiger partial charge in [-0.15, -0.1) is 0 Å². The fourth-order valence-electron chi connectivity index (χ4n) is 3.79. The normalized spacial score (nSPS) is 15.0. The van der Waals surface area contributed by atoms with Crippen LogP contribution in [0.3, 0.4) is 0 Å². The van der Waals surface area contributed by atoms with Crippen LogP contribution in [0.15, 0.2) is 42.5 Å². The molecule has 0 spiro atoms. The van der Waals surface area contributed by atoms with Crippen molar-refractivity contribution in [1.29, 1.82) is 0 Å². The number of hydrogen-bond acceptors (Lipinski definition) is 5. The first-order chi connectivity index (χ1) is 14.6. The molecule has 6 nitrogen and oxygen atoms in total. The molecule has 2 aromatic carbocycles. The maximum Gasteiger partial charge on any atom is 0.234 e. The van der Waals surface area contributed by atoms with E-state index in [2.05, 4.69) is 40.2 Å². The summed E-state index contributed by atoms with van der Waals surface area (Å²) >= 11 is 0. The van der Waals surface area contributed by atoms with E-state index >= 15 is 0 Å². The van der Waals surface area contributed by atoms with Gasteiger partial charge < -0.3 is 14.8 Å². The predicted molar refractivity (Wildman–Crippen MR) is 119 cm³/mol. The smallest absolute Gasteiger partial charge is 0.234 e. The van der Waals surface area contributed by atoms with Gasteiger partial charge in [-0.05, 0) is 42.2 Å². The van der Waals surface area contributed by atoms with Crippen LogP contribution in [0.4, 0.5) is 0 Å². The third-order valence-electron chi connectivity index (χ3n) is 5.65. The monoisotopic (exact) mass is 411 g/mol. The summed E-state index contributed by atoms with van der Waals surface area (Å²) in [6, 6.07) is 14.3. The first-order valence-corrected chi connectivity index (χ1v) is 10.6. The van der Waals surface area contributed by atoms with Gasteiger partial charge in [0.05, 0.1) is 20.8 Å². The van der Waals surface area contributed by atoms with Crippen LogP contribution >= 0.6 is 0 Å². The lowest BCUT2D eigenvalue weighted by Crippen LogP contribution is -2.49. The Bertz CT molecular complexity index is 818. The summed E-state index contributed by atoms with van der Waals surface area (Å²) < 4.78 is 10.8. The summed E-state index contributed by atoms with van der Waals surface area (Å²) in [4.78, 5) is 16.9. The van der Waals surface area contributed by atoms with E-state index in [0.29, 0.717) is 13.1 Å². The molecule has 2 aromatic rings. The number of nitrogens with one attached hydrogen (secondary N) is 1. The van der Waals surface area contributed by atoms with Crippen molar-refractivity contribution in [2.45, 2.75) is 19.9 Å². The minimum atomic E-state index is 0.107. The number of nitrogens with zero attached hydrogens (tertiary/aromatic N) is 2. The predicted octanol–water partition coefficient (Wildman–Crippen LogP) is 2.49. The van der Waals surface area contributed by atoms with E-state index in [1.807, 2.05) is 24.3 Å². The molecule has 30 heavy (non-hydrogen) atoms. The van der Waals surface area contributed by atoms with Gasteiger partial charge in [-0.1, -0.05) is 30.3 Å². The van der Waals surface area contributed by atoms with E-state index in [9.17, 15) is 4.79 Å². The second kappa shape index (κ2) is 11.0. The third kappa shape index (κ3) is 6.21. The fourth-order valence-corrected chi connectivity index (χ4v) is 3.79. The van der Waals surface area contributed by atoms with Crippen LogP contribution in [0, 0.1) is 6.92 Å². The van der Waals surface area contributed by atoms with Crippen molar-refractivity contribution >= 4 is 5.91 Å². The number of carbonyl (C=O) groups excluding carboxylic acids is 1. The third-order valence-corrected chi connectivity index (χ3v) is 5.65. The van der Waals surface area contributed by atoms with Crippen molar-refractivity contribution in [3.8, 4) is 11.5 Å². The van der Waals surface area contributed by atoms with Gasteiger partial charge in [0.25, 0.3) is 0 Å². The molecule has 1 heterocycles. The molecule has 6 heteroatoms. The number of hydrogen-bond donors (Lipinski definition) is 1. The zero-order valence-corrected chi connectivity index (χ0v) is 18.3. The molecule has 0 unspecified atom stereocenters. The minimum Gasteiger partial charge on any atom is -0.493 e. The standard InChI is InChI=1S/C24H33N3O3/c1-19-15-22(29-2)23(30-3)16-21(19)17-26-11-13-27(14-12-26)18-24(28)25-10-9-20-7-5-4-6-8-20/h4-8,15-16H,9-14,17-18H2,1-3H3,(H,25,28). The lowest BCUT2D eigenvalue weighted by Gasteiger charge is -2.34. The number of ether oxygens (including phenoxy) is 2. The number of piperazine rings is 1. The second-order valence-corrected chi connectivity index (χ2v) is 7.77. The Morgan fingerprint density at radius 1 is 0.967 bits per heavy atom. The molecule has 1 saturated heterocycles. The molecule has 0 aliphatic carbocycles. The summed E-state index contributed by atoms with van der Waals surface area (Å²) in [6.07, 6.45) is 0.866. The van der Waals surface area contributed by atoms with Crippen LogP contribution < -0.4 is 14.8 Å². The van der Waals surface area contributed by atoms with Gasteiger partial charge in [0.1, 0.15) is 0 Å². The van der Waals surface area contributed by atoms with Crippen molar-refractivity contribution in [3.63, 3.8) is 0 Å². The molecule has 1 amide bonds. The molecular formula is C24H33N3O3. The molecule has 0 bridgehead atoms. The summed E-state index contributed by atoms with van der Waals surface area (Å²) in [5.41, 5.74) is 3.70. The van der Waals surface area contributed by atoms with Crippen LogP contribution in [0.1, 0.15) is 16.7 Å². The summed E-state index contributed by atoms with van der Waals surface area (Å²) in [5.74, 6) is 1.64. The fraction of sp³-hybridized carbons (Fsp3) is 0.458. The number of benzene rings is 2. The van der Waals surface area contributed by atoms with Crippen LogP contribution in [0.2, 0.25) is 0 Å². The van der Waals surface area contributed by atoms with Gasteiger partial charge in [0.2, 0.25) is 5.91 Å². The van der Waals surface area contributed by atoms with E-state index in [-0.39, 0.29) is 5.91 Å². The first kappa shape index (κ1) is 22.1. The zero-order chi connectivity index (χ0) is 21.3. The summed E-state index contributed by atoms with van der Waals surface area (Å²) in [5, 5.41) is 3.04. The summed E-state index contributed by atoms with van der Waals surface area (Å²) in [6.45, 7) is 7.84. The molecule has 1 fully saturated rings. The second-order valence-electron chi connectivity index (χ2n) is 7.77. The number of methoxy groups -OCH3 is 2. The maximum absolute atomic E-state index is 12.3. The Morgan fingerprint density at radius 3 is 2.27 bits per heavy atom. The highest BCUT2D eigenvalue weighted by molar-refractivity contribution is 5.78. The average molecular weight is 412 g/mol. The average Bonchev–Trinajstić information content (AvgIpc) is 2.77. The first-order valence-electron chi connectivity index (χ1n) is 10.6. The zero-order valence-electron chi connectivity index (χ0n) is 18.3. The van der Waals surface area contributed by atoms with E-state index < -0.39 is 0 Å². The largest absolute Gasteiger partial charge is 0.493 e. The highest BCUT2D eigenvalue weighted by Gasteiger charge is 2.20. The highest BCUT2D eigenvalue weighted by Crippen LogP contribution is 2.30. The van der Waals surface area contributed by atoms with E-state index in [0.717, 1.165) is 50.6 Å². The number of amides is 1. The molecule has 0 radical (unpaired) electrons. The molecular weight excluding hydrogens is 378 g/mol. The van der Waals surface area contributed by atoms with Crippen molar-refractivity contribution < 1.29 is 14.3 Å². The van der Waals surface area contributed by atoms with E-state index in [1.165, 1.54) is 16.7 Å². The molecule has 3 rings (SSSR count). The van der Waals surface area contributed by atoms with Gasteiger partial charge in [-0.2, -0.15) is 0 Å². The Labute approximate surface area is 179 Å². The number of carbonyl (C=O) groups is 1. The Balaban J connectivity index is 1.41. The van der Waals surface area contributed by atoms with Gasteiger partial charge in [-0.3, -0.25) is 14.6 Å². The van der Waals surface area contributed by atoms with Crippen LogP contribution in [-0.2, 0) is 17.8 Å². The molecule has 0 atom stereocenters. The topological polar surface area (TPSA) is 54.0 Å². The van der Waals surface area contributed by atoms with Gasteiger partial charge >= 0.3 is 0 Å².